The van der Waals surface area contributed by atoms with Crippen LogP contribution in [0.5, 0.6) is 5.75 Å². The smallest absolute Gasteiger partial charge is 0.256 e. The molecule has 6 nitrogen and oxygen atoms in total. The van der Waals surface area contributed by atoms with Crippen molar-refractivity contribution in [2.45, 2.75) is 12.5 Å². The van der Waals surface area contributed by atoms with Gasteiger partial charge in [-0.1, -0.05) is 18.2 Å². The lowest BCUT2D eigenvalue weighted by atomic mass is 10.2. The molecule has 0 spiro atoms. The van der Waals surface area contributed by atoms with Gasteiger partial charge >= 0.3 is 0 Å². The van der Waals surface area contributed by atoms with Crippen LogP contribution < -0.4 is 15.0 Å². The van der Waals surface area contributed by atoms with Gasteiger partial charge in [-0.2, -0.15) is 0 Å². The highest BCUT2D eigenvalue weighted by Crippen LogP contribution is 2.32. The number of aromatic amines is 1. The van der Waals surface area contributed by atoms with Gasteiger partial charge in [0.2, 0.25) is 5.91 Å². The molecule has 1 atom stereocenters. The van der Waals surface area contributed by atoms with E-state index in [0.717, 1.165) is 16.6 Å². The first-order chi connectivity index (χ1) is 12.2. The molecule has 1 aliphatic rings. The van der Waals surface area contributed by atoms with Gasteiger partial charge in [-0.25, -0.2) is 4.90 Å². The highest BCUT2D eigenvalue weighted by Gasteiger charge is 2.40. The number of imide groups is 1. The molecule has 0 aliphatic carbocycles. The van der Waals surface area contributed by atoms with E-state index in [-0.39, 0.29) is 18.2 Å². The second-order valence-corrected chi connectivity index (χ2v) is 5.92. The van der Waals surface area contributed by atoms with Crippen LogP contribution in [0, 0.1) is 0 Å². The number of carbonyl (C=O) groups is 2. The molecule has 4 rings (SSSR count). The van der Waals surface area contributed by atoms with Gasteiger partial charge in [0.15, 0.2) is 0 Å². The van der Waals surface area contributed by atoms with E-state index >= 15 is 0 Å². The second kappa shape index (κ2) is 5.98. The molecule has 1 fully saturated rings. The lowest BCUT2D eigenvalue weighted by molar-refractivity contribution is -0.121. The number of nitrogens with zero attached hydrogens (tertiary/aromatic N) is 1. The van der Waals surface area contributed by atoms with Crippen LogP contribution in [-0.4, -0.2) is 29.9 Å². The summed E-state index contributed by atoms with van der Waals surface area (Å²) < 4.78 is 5.28. The minimum absolute atomic E-state index is 0.111. The fourth-order valence-electron chi connectivity index (χ4n) is 3.15. The number of hydrogen-bond donors (Lipinski definition) is 2. The van der Waals surface area contributed by atoms with Gasteiger partial charge in [0.05, 0.1) is 19.2 Å². The molecule has 2 amide bonds. The van der Waals surface area contributed by atoms with Crippen LogP contribution in [0.4, 0.5) is 11.4 Å². The number of amides is 2. The Hall–Kier alpha value is -3.28. The van der Waals surface area contributed by atoms with E-state index in [2.05, 4.69) is 10.3 Å². The molecule has 6 heteroatoms. The summed E-state index contributed by atoms with van der Waals surface area (Å²) in [6.45, 7) is 0. The first kappa shape index (κ1) is 15.3. The lowest BCUT2D eigenvalue weighted by Gasteiger charge is -2.18. The third-order valence-corrected chi connectivity index (χ3v) is 4.37. The zero-order chi connectivity index (χ0) is 17.4. The maximum absolute atomic E-state index is 12.8. The van der Waals surface area contributed by atoms with Crippen LogP contribution in [0.3, 0.4) is 0 Å². The van der Waals surface area contributed by atoms with E-state index in [9.17, 15) is 9.59 Å². The summed E-state index contributed by atoms with van der Waals surface area (Å²) in [5, 5.41) is 4.26. The van der Waals surface area contributed by atoms with Crippen LogP contribution in [0.25, 0.3) is 10.9 Å². The third-order valence-electron chi connectivity index (χ3n) is 4.37. The van der Waals surface area contributed by atoms with Crippen molar-refractivity contribution in [2.24, 2.45) is 0 Å². The monoisotopic (exact) mass is 335 g/mol. The number of para-hydroxylation sites is 2. The van der Waals surface area contributed by atoms with Crippen molar-refractivity contribution in [2.75, 3.05) is 17.3 Å². The summed E-state index contributed by atoms with van der Waals surface area (Å²) in [5.74, 6) is -0.0216. The van der Waals surface area contributed by atoms with Crippen molar-refractivity contribution < 1.29 is 14.3 Å². The molecular weight excluding hydrogens is 318 g/mol. The fourth-order valence-corrected chi connectivity index (χ4v) is 3.15. The Balaban J connectivity index is 1.60. The zero-order valence-electron chi connectivity index (χ0n) is 13.7. The van der Waals surface area contributed by atoms with Crippen molar-refractivity contribution >= 4 is 34.1 Å². The topological polar surface area (TPSA) is 74.4 Å². The largest absolute Gasteiger partial charge is 0.495 e. The van der Waals surface area contributed by atoms with E-state index in [4.69, 9.17) is 4.74 Å². The average molecular weight is 335 g/mol. The van der Waals surface area contributed by atoms with Gasteiger partial charge in [0.1, 0.15) is 11.8 Å². The van der Waals surface area contributed by atoms with Crippen molar-refractivity contribution in [3.05, 3.63) is 54.7 Å². The second-order valence-electron chi connectivity index (χ2n) is 5.92. The number of carbonyl (C=O) groups excluding carboxylic acids is 2. The van der Waals surface area contributed by atoms with Crippen LogP contribution in [0.2, 0.25) is 0 Å². The summed E-state index contributed by atoms with van der Waals surface area (Å²) in [4.78, 5) is 29.5. The molecule has 25 heavy (non-hydrogen) atoms. The van der Waals surface area contributed by atoms with Gasteiger partial charge in [0.25, 0.3) is 5.91 Å². The maximum Gasteiger partial charge on any atom is 0.256 e. The molecule has 2 aromatic carbocycles. The quantitative estimate of drug-likeness (QED) is 0.719. The molecular formula is C19H17N3O3. The molecule has 0 saturated carbocycles. The Morgan fingerprint density at radius 1 is 1.16 bits per heavy atom. The Morgan fingerprint density at radius 3 is 2.84 bits per heavy atom. The van der Waals surface area contributed by atoms with Gasteiger partial charge in [-0.05, 0) is 35.7 Å². The van der Waals surface area contributed by atoms with Gasteiger partial charge in [-0.15, -0.1) is 0 Å². The number of methoxy groups -OCH3 is 1. The number of fused-ring (bicyclic) bond motifs is 1. The van der Waals surface area contributed by atoms with Crippen molar-refractivity contribution in [1.82, 2.24) is 4.98 Å². The van der Waals surface area contributed by atoms with Gasteiger partial charge in [0, 0.05) is 17.4 Å². The zero-order valence-corrected chi connectivity index (χ0v) is 13.7. The van der Waals surface area contributed by atoms with Crippen LogP contribution in [0.1, 0.15) is 6.42 Å². The molecule has 1 aromatic heterocycles. The normalized spacial score (nSPS) is 17.3. The Labute approximate surface area is 144 Å². The molecule has 126 valence electrons. The first-order valence-electron chi connectivity index (χ1n) is 8.01. The number of benzene rings is 2. The molecule has 0 radical (unpaired) electrons. The van der Waals surface area contributed by atoms with Crippen LogP contribution in [-0.2, 0) is 9.59 Å². The standard InChI is InChI=1S/C19H17N3O3/c1-25-17-5-3-2-4-16(17)22-18(23)11-15(19(22)24)21-13-7-6-12-8-9-20-14(12)10-13/h2-10,15,20-21H,11H2,1H3. The molecule has 1 unspecified atom stereocenters. The SMILES string of the molecule is COc1ccccc1N1C(=O)CC(Nc2ccc3cc[nH]c3c2)C1=O. The predicted molar refractivity (Wildman–Crippen MR) is 95.8 cm³/mol. The molecule has 2 N–H and O–H groups in total. The summed E-state index contributed by atoms with van der Waals surface area (Å²) in [7, 11) is 1.52. The number of nitrogens with one attached hydrogen (secondary N) is 2. The number of H-pyrrole nitrogens is 1. The molecule has 3 aromatic rings. The Bertz CT molecular complexity index is 963. The summed E-state index contributed by atoms with van der Waals surface area (Å²) >= 11 is 0. The number of aromatic nitrogens is 1. The highest BCUT2D eigenvalue weighted by atomic mass is 16.5. The first-order valence-corrected chi connectivity index (χ1v) is 8.01. The number of rotatable bonds is 4. The Kier molecular flexibility index (Phi) is 3.65. The highest BCUT2D eigenvalue weighted by molar-refractivity contribution is 6.23. The molecule has 1 aliphatic heterocycles. The third kappa shape index (κ3) is 2.61. The van der Waals surface area contributed by atoms with E-state index < -0.39 is 6.04 Å². The van der Waals surface area contributed by atoms with Crippen molar-refractivity contribution in [3.63, 3.8) is 0 Å². The molecule has 1 saturated heterocycles. The van der Waals surface area contributed by atoms with Crippen LogP contribution >= 0.6 is 0 Å². The summed E-state index contributed by atoms with van der Waals surface area (Å²) in [5.41, 5.74) is 2.25. The van der Waals surface area contributed by atoms with E-state index in [1.165, 1.54) is 12.0 Å². The fraction of sp³-hybridized carbons (Fsp3) is 0.158. The van der Waals surface area contributed by atoms with Crippen molar-refractivity contribution in [3.8, 4) is 5.75 Å². The minimum atomic E-state index is -0.593. The summed E-state index contributed by atoms with van der Waals surface area (Å²) in [6, 6.07) is 14.2. The lowest BCUT2D eigenvalue weighted by Crippen LogP contribution is -2.35. The minimum Gasteiger partial charge on any atom is -0.495 e. The predicted octanol–water partition coefficient (Wildman–Crippen LogP) is 2.92. The van der Waals surface area contributed by atoms with Crippen LogP contribution in [0.15, 0.2) is 54.7 Å². The van der Waals surface area contributed by atoms with Gasteiger partial charge in [-0.3, -0.25) is 9.59 Å². The van der Waals surface area contributed by atoms with E-state index in [1.54, 1.807) is 24.3 Å². The van der Waals surface area contributed by atoms with Crippen molar-refractivity contribution in [1.29, 1.82) is 0 Å². The number of hydrogen-bond acceptors (Lipinski definition) is 4. The Morgan fingerprint density at radius 2 is 2.00 bits per heavy atom. The maximum atomic E-state index is 12.8. The van der Waals surface area contributed by atoms with E-state index in [1.807, 2.05) is 30.5 Å². The van der Waals surface area contributed by atoms with E-state index in [0.29, 0.717) is 11.4 Å². The number of anilines is 2. The summed E-state index contributed by atoms with van der Waals surface area (Å²) in [6.07, 6.45) is 1.97. The average Bonchev–Trinajstić information content (AvgIpc) is 3.19. The molecule has 0 bridgehead atoms. The van der Waals surface area contributed by atoms with Gasteiger partial charge < -0.3 is 15.0 Å². The number of ether oxygens (including phenoxy) is 1. The molecule has 2 heterocycles.